The van der Waals surface area contributed by atoms with E-state index in [1.54, 1.807) is 17.3 Å². The van der Waals surface area contributed by atoms with Crippen molar-refractivity contribution < 1.29 is 14.7 Å². The number of amides is 2. The van der Waals surface area contributed by atoms with E-state index in [4.69, 9.17) is 5.11 Å². The molecule has 2 heterocycles. The van der Waals surface area contributed by atoms with Crippen molar-refractivity contribution in [1.29, 1.82) is 0 Å². The molecular weight excluding hydrogens is 258 g/mol. The Morgan fingerprint density at radius 3 is 2.85 bits per heavy atom. The topological polar surface area (TPSA) is 82.5 Å². The first-order valence-electron chi connectivity index (χ1n) is 6.58. The molecule has 2 N–H and O–H groups in total. The van der Waals surface area contributed by atoms with Crippen LogP contribution in [0.4, 0.5) is 4.79 Å². The van der Waals surface area contributed by atoms with Crippen LogP contribution in [-0.4, -0.2) is 40.1 Å². The molecule has 1 aromatic rings. The SMILES string of the molecule is CC1(C)CN(C(=O)NCCC(=O)O)C1c1cccnc1. The van der Waals surface area contributed by atoms with Gasteiger partial charge in [-0.15, -0.1) is 0 Å². The van der Waals surface area contributed by atoms with E-state index in [1.165, 1.54) is 0 Å². The lowest BCUT2D eigenvalue weighted by Gasteiger charge is -2.54. The third kappa shape index (κ3) is 2.89. The van der Waals surface area contributed by atoms with Gasteiger partial charge >= 0.3 is 12.0 Å². The number of carboxylic acid groups (broad SMARTS) is 1. The summed E-state index contributed by atoms with van der Waals surface area (Å²) in [4.78, 5) is 28.3. The average Bonchev–Trinajstić information content (AvgIpc) is 2.37. The van der Waals surface area contributed by atoms with Crippen molar-refractivity contribution in [2.24, 2.45) is 5.41 Å². The van der Waals surface area contributed by atoms with Gasteiger partial charge in [-0.1, -0.05) is 19.9 Å². The van der Waals surface area contributed by atoms with Gasteiger partial charge in [0.2, 0.25) is 0 Å². The van der Waals surface area contributed by atoms with Crippen LogP contribution in [-0.2, 0) is 4.79 Å². The highest BCUT2D eigenvalue weighted by Gasteiger charge is 2.48. The van der Waals surface area contributed by atoms with Gasteiger partial charge in [0.1, 0.15) is 0 Å². The molecule has 1 aromatic heterocycles. The summed E-state index contributed by atoms with van der Waals surface area (Å²) in [5.41, 5.74) is 0.991. The number of carbonyl (C=O) groups is 2. The first-order chi connectivity index (χ1) is 9.42. The maximum absolute atomic E-state index is 12.1. The Morgan fingerprint density at radius 1 is 1.55 bits per heavy atom. The summed E-state index contributed by atoms with van der Waals surface area (Å²) in [7, 11) is 0. The second-order valence-corrected chi connectivity index (χ2v) is 5.68. The normalized spacial score (nSPS) is 20.1. The number of rotatable bonds is 4. The van der Waals surface area contributed by atoms with Crippen molar-refractivity contribution in [3.05, 3.63) is 30.1 Å². The van der Waals surface area contributed by atoms with E-state index in [9.17, 15) is 9.59 Å². The van der Waals surface area contributed by atoms with Gasteiger partial charge in [-0.05, 0) is 11.6 Å². The number of hydrogen-bond acceptors (Lipinski definition) is 3. The van der Waals surface area contributed by atoms with Gasteiger partial charge in [-0.3, -0.25) is 9.78 Å². The number of urea groups is 1. The molecule has 0 spiro atoms. The average molecular weight is 277 g/mol. The second-order valence-electron chi connectivity index (χ2n) is 5.68. The number of carboxylic acids is 1. The van der Waals surface area contributed by atoms with Crippen molar-refractivity contribution >= 4 is 12.0 Å². The summed E-state index contributed by atoms with van der Waals surface area (Å²) in [6.07, 6.45) is 3.40. The van der Waals surface area contributed by atoms with E-state index < -0.39 is 5.97 Å². The van der Waals surface area contributed by atoms with Gasteiger partial charge in [0.05, 0.1) is 12.5 Å². The van der Waals surface area contributed by atoms with Crippen molar-refractivity contribution in [1.82, 2.24) is 15.2 Å². The maximum atomic E-state index is 12.1. The van der Waals surface area contributed by atoms with Crippen molar-refractivity contribution in [2.75, 3.05) is 13.1 Å². The molecule has 1 aliphatic rings. The monoisotopic (exact) mass is 277 g/mol. The second kappa shape index (κ2) is 5.48. The number of pyridine rings is 1. The van der Waals surface area contributed by atoms with Gasteiger partial charge < -0.3 is 15.3 Å². The van der Waals surface area contributed by atoms with Gasteiger partial charge in [0.15, 0.2) is 0 Å². The molecule has 0 aliphatic carbocycles. The van der Waals surface area contributed by atoms with Crippen LogP contribution in [0.25, 0.3) is 0 Å². The first kappa shape index (κ1) is 14.3. The molecule has 6 nitrogen and oxygen atoms in total. The molecule has 0 aromatic carbocycles. The quantitative estimate of drug-likeness (QED) is 0.876. The van der Waals surface area contributed by atoms with Crippen LogP contribution in [0.1, 0.15) is 31.9 Å². The highest BCUT2D eigenvalue weighted by molar-refractivity contribution is 5.77. The van der Waals surface area contributed by atoms with Crippen LogP contribution in [0.15, 0.2) is 24.5 Å². The zero-order chi connectivity index (χ0) is 14.8. The van der Waals surface area contributed by atoms with Crippen LogP contribution < -0.4 is 5.32 Å². The summed E-state index contributed by atoms with van der Waals surface area (Å²) >= 11 is 0. The third-order valence-electron chi connectivity index (χ3n) is 3.51. The largest absolute Gasteiger partial charge is 0.481 e. The Morgan fingerprint density at radius 2 is 2.30 bits per heavy atom. The molecule has 0 saturated carbocycles. The van der Waals surface area contributed by atoms with Gasteiger partial charge in [0.25, 0.3) is 0 Å². The summed E-state index contributed by atoms with van der Waals surface area (Å²) < 4.78 is 0. The number of carbonyl (C=O) groups excluding carboxylic acids is 1. The molecule has 2 rings (SSSR count). The number of likely N-dealkylation sites (tertiary alicyclic amines) is 1. The van der Waals surface area contributed by atoms with Crippen LogP contribution >= 0.6 is 0 Å². The van der Waals surface area contributed by atoms with Crippen molar-refractivity contribution in [2.45, 2.75) is 26.3 Å². The lowest BCUT2D eigenvalue weighted by molar-refractivity contribution is -0.136. The van der Waals surface area contributed by atoms with Gasteiger partial charge in [0, 0.05) is 30.9 Å². The van der Waals surface area contributed by atoms with Crippen molar-refractivity contribution in [3.8, 4) is 0 Å². The number of aromatic nitrogens is 1. The minimum atomic E-state index is -0.918. The zero-order valence-corrected chi connectivity index (χ0v) is 11.7. The summed E-state index contributed by atoms with van der Waals surface area (Å²) in [6.45, 7) is 4.99. The van der Waals surface area contributed by atoms with E-state index in [0.717, 1.165) is 5.56 Å². The molecule has 1 unspecified atom stereocenters. The van der Waals surface area contributed by atoms with Crippen LogP contribution in [0.2, 0.25) is 0 Å². The highest BCUT2D eigenvalue weighted by atomic mass is 16.4. The lowest BCUT2D eigenvalue weighted by Crippen LogP contribution is -2.60. The van der Waals surface area contributed by atoms with Crippen molar-refractivity contribution in [3.63, 3.8) is 0 Å². The number of nitrogens with one attached hydrogen (secondary N) is 1. The van der Waals surface area contributed by atoms with E-state index in [2.05, 4.69) is 24.1 Å². The smallest absolute Gasteiger partial charge is 0.317 e. The van der Waals surface area contributed by atoms with E-state index >= 15 is 0 Å². The molecule has 20 heavy (non-hydrogen) atoms. The fourth-order valence-electron chi connectivity index (χ4n) is 2.66. The van der Waals surface area contributed by atoms with E-state index in [-0.39, 0.29) is 30.5 Å². The summed E-state index contributed by atoms with van der Waals surface area (Å²) in [6, 6.07) is 3.56. The number of aliphatic carboxylic acids is 1. The molecule has 1 atom stereocenters. The standard InChI is InChI=1S/C14H19N3O3/c1-14(2)9-17(13(20)16-7-5-11(18)19)12(14)10-4-3-6-15-8-10/h3-4,6,8,12H,5,7,9H2,1-2H3,(H,16,20)(H,18,19). The molecule has 1 fully saturated rings. The first-order valence-corrected chi connectivity index (χ1v) is 6.58. The van der Waals surface area contributed by atoms with Crippen LogP contribution in [0.5, 0.6) is 0 Å². The Balaban J connectivity index is 2.02. The molecule has 1 saturated heterocycles. The molecule has 0 radical (unpaired) electrons. The number of hydrogen-bond donors (Lipinski definition) is 2. The molecule has 2 amide bonds. The lowest BCUT2D eigenvalue weighted by atomic mass is 9.72. The molecule has 1 aliphatic heterocycles. The van der Waals surface area contributed by atoms with E-state index in [1.807, 2.05) is 12.1 Å². The summed E-state index contributed by atoms with van der Waals surface area (Å²) in [5.74, 6) is -0.918. The molecular formula is C14H19N3O3. The summed E-state index contributed by atoms with van der Waals surface area (Å²) in [5, 5.41) is 11.2. The molecule has 0 bridgehead atoms. The Bertz CT molecular complexity index is 502. The Kier molecular flexibility index (Phi) is 3.92. The predicted molar refractivity (Wildman–Crippen MR) is 73.1 cm³/mol. The molecule has 108 valence electrons. The zero-order valence-electron chi connectivity index (χ0n) is 11.7. The minimum Gasteiger partial charge on any atom is -0.481 e. The predicted octanol–water partition coefficient (Wildman–Crippen LogP) is 1.65. The van der Waals surface area contributed by atoms with Crippen LogP contribution in [0.3, 0.4) is 0 Å². The highest BCUT2D eigenvalue weighted by Crippen LogP contribution is 2.47. The van der Waals surface area contributed by atoms with Crippen LogP contribution in [0, 0.1) is 5.41 Å². The van der Waals surface area contributed by atoms with E-state index in [0.29, 0.717) is 6.54 Å². The Hall–Kier alpha value is -2.11. The van der Waals surface area contributed by atoms with Gasteiger partial charge in [-0.25, -0.2) is 4.79 Å². The Labute approximate surface area is 117 Å². The van der Waals surface area contributed by atoms with Gasteiger partial charge in [-0.2, -0.15) is 0 Å². The molecule has 6 heteroatoms. The fraction of sp³-hybridized carbons (Fsp3) is 0.500. The fourth-order valence-corrected chi connectivity index (χ4v) is 2.66. The number of nitrogens with zero attached hydrogens (tertiary/aromatic N) is 2. The third-order valence-corrected chi connectivity index (χ3v) is 3.51. The minimum absolute atomic E-state index is 0.00677. The maximum Gasteiger partial charge on any atom is 0.317 e.